The van der Waals surface area contributed by atoms with Crippen molar-refractivity contribution in [3.8, 4) is 0 Å². The molecular formula is C15H23N3OS. The molecule has 0 aliphatic carbocycles. The van der Waals surface area contributed by atoms with E-state index in [1.165, 1.54) is 5.56 Å². The second kappa shape index (κ2) is 5.66. The third-order valence-corrected chi connectivity index (χ3v) is 4.30. The highest BCUT2D eigenvalue weighted by Gasteiger charge is 2.21. The lowest BCUT2D eigenvalue weighted by molar-refractivity contribution is 0.135. The number of aliphatic hydroxyl groups is 1. The second-order valence-electron chi connectivity index (χ2n) is 6.29. The first kappa shape index (κ1) is 15.2. The van der Waals surface area contributed by atoms with Crippen molar-refractivity contribution in [3.63, 3.8) is 0 Å². The molecular weight excluding hydrogens is 270 g/mol. The van der Waals surface area contributed by atoms with E-state index in [1.807, 2.05) is 13.8 Å². The maximum absolute atomic E-state index is 9.56. The van der Waals surface area contributed by atoms with Crippen molar-refractivity contribution in [1.29, 1.82) is 0 Å². The number of fused-ring (bicyclic) bond motifs is 1. The van der Waals surface area contributed by atoms with E-state index in [1.54, 1.807) is 11.3 Å². The first-order valence-corrected chi connectivity index (χ1v) is 7.81. The third kappa shape index (κ3) is 3.46. The average Bonchev–Trinajstić information content (AvgIpc) is 2.66. The Hall–Kier alpha value is -1.20. The van der Waals surface area contributed by atoms with Gasteiger partial charge in [0.1, 0.15) is 16.5 Å². The van der Waals surface area contributed by atoms with Gasteiger partial charge < -0.3 is 10.4 Å². The van der Waals surface area contributed by atoms with Crippen molar-refractivity contribution in [1.82, 2.24) is 9.97 Å². The van der Waals surface area contributed by atoms with Crippen molar-refractivity contribution in [2.45, 2.75) is 47.1 Å². The zero-order chi connectivity index (χ0) is 14.9. The Morgan fingerprint density at radius 3 is 2.70 bits per heavy atom. The number of aromatic nitrogens is 2. The molecule has 5 heteroatoms. The Morgan fingerprint density at radius 2 is 2.05 bits per heavy atom. The molecule has 0 aliphatic rings. The molecule has 0 radical (unpaired) electrons. The summed E-state index contributed by atoms with van der Waals surface area (Å²) >= 11 is 1.66. The minimum atomic E-state index is -0.290. The molecule has 1 atom stereocenters. The molecule has 2 aromatic rings. The minimum absolute atomic E-state index is 0.0171. The zero-order valence-electron chi connectivity index (χ0n) is 12.8. The van der Waals surface area contributed by atoms with Crippen LogP contribution in [-0.2, 0) is 0 Å². The average molecular weight is 293 g/mol. The van der Waals surface area contributed by atoms with E-state index in [0.717, 1.165) is 34.8 Å². The van der Waals surface area contributed by atoms with Crippen molar-refractivity contribution >= 4 is 27.4 Å². The van der Waals surface area contributed by atoms with Gasteiger partial charge in [-0.1, -0.05) is 13.8 Å². The summed E-state index contributed by atoms with van der Waals surface area (Å²) in [4.78, 5) is 10.0. The van der Waals surface area contributed by atoms with E-state index in [2.05, 4.69) is 41.4 Å². The summed E-state index contributed by atoms with van der Waals surface area (Å²) in [6, 6.07) is 0. The van der Waals surface area contributed by atoms with E-state index in [0.29, 0.717) is 0 Å². The van der Waals surface area contributed by atoms with Crippen LogP contribution in [0.4, 0.5) is 5.82 Å². The van der Waals surface area contributed by atoms with Gasteiger partial charge in [0.15, 0.2) is 0 Å². The van der Waals surface area contributed by atoms with Gasteiger partial charge in [-0.3, -0.25) is 0 Å². The van der Waals surface area contributed by atoms with Crippen LogP contribution in [0.25, 0.3) is 10.2 Å². The van der Waals surface area contributed by atoms with Crippen LogP contribution < -0.4 is 5.32 Å². The van der Waals surface area contributed by atoms with Crippen LogP contribution in [0.3, 0.4) is 0 Å². The molecule has 1 unspecified atom stereocenters. The molecule has 2 aromatic heterocycles. The quantitative estimate of drug-likeness (QED) is 0.885. The molecule has 2 heterocycles. The van der Waals surface area contributed by atoms with Crippen molar-refractivity contribution in [2.75, 3.05) is 11.9 Å². The van der Waals surface area contributed by atoms with Gasteiger partial charge >= 0.3 is 0 Å². The summed E-state index contributed by atoms with van der Waals surface area (Å²) in [5.74, 6) is 1.69. The van der Waals surface area contributed by atoms with E-state index >= 15 is 0 Å². The molecule has 2 rings (SSSR count). The summed E-state index contributed by atoms with van der Waals surface area (Å²) < 4.78 is 0. The smallest absolute Gasteiger partial charge is 0.138 e. The molecule has 0 fully saturated rings. The van der Waals surface area contributed by atoms with Gasteiger partial charge in [-0.25, -0.2) is 9.97 Å². The van der Waals surface area contributed by atoms with Crippen molar-refractivity contribution in [2.24, 2.45) is 5.41 Å². The number of rotatable bonds is 5. The molecule has 0 bridgehead atoms. The Kier molecular flexibility index (Phi) is 4.30. The van der Waals surface area contributed by atoms with Gasteiger partial charge in [0, 0.05) is 6.54 Å². The Bertz CT molecular complexity index is 604. The number of nitrogens with one attached hydrogen (secondary N) is 1. The molecule has 0 aliphatic heterocycles. The Labute approximate surface area is 124 Å². The number of nitrogens with zero attached hydrogens (tertiary/aromatic N) is 2. The van der Waals surface area contributed by atoms with Crippen LogP contribution in [0.1, 0.15) is 38.6 Å². The molecule has 0 saturated heterocycles. The fourth-order valence-electron chi connectivity index (χ4n) is 2.51. The SMILES string of the molecule is Cc1nc(NCC(C)(C)CC(C)O)c2c(C)csc2n1. The monoisotopic (exact) mass is 293 g/mol. The highest BCUT2D eigenvalue weighted by Crippen LogP contribution is 2.30. The van der Waals surface area contributed by atoms with Crippen LogP contribution >= 0.6 is 11.3 Å². The number of thiophene rings is 1. The van der Waals surface area contributed by atoms with Crippen molar-refractivity contribution < 1.29 is 5.11 Å². The van der Waals surface area contributed by atoms with Gasteiger partial charge in [0.2, 0.25) is 0 Å². The van der Waals surface area contributed by atoms with Gasteiger partial charge in [-0.15, -0.1) is 11.3 Å². The number of aryl methyl sites for hydroxylation is 2. The van der Waals surface area contributed by atoms with E-state index in [4.69, 9.17) is 0 Å². The number of aliphatic hydroxyl groups excluding tert-OH is 1. The van der Waals surface area contributed by atoms with Crippen LogP contribution in [0.15, 0.2) is 5.38 Å². The van der Waals surface area contributed by atoms with E-state index < -0.39 is 0 Å². The predicted octanol–water partition coefficient (Wildman–Crippen LogP) is 3.52. The maximum Gasteiger partial charge on any atom is 0.138 e. The second-order valence-corrected chi connectivity index (χ2v) is 7.15. The van der Waals surface area contributed by atoms with E-state index in [9.17, 15) is 5.11 Å². The largest absolute Gasteiger partial charge is 0.393 e. The minimum Gasteiger partial charge on any atom is -0.393 e. The molecule has 20 heavy (non-hydrogen) atoms. The third-order valence-electron chi connectivity index (χ3n) is 3.31. The van der Waals surface area contributed by atoms with Crippen molar-refractivity contribution in [3.05, 3.63) is 16.8 Å². The molecule has 110 valence electrons. The van der Waals surface area contributed by atoms with Crippen LogP contribution in [0, 0.1) is 19.3 Å². The van der Waals surface area contributed by atoms with Gasteiger partial charge in [-0.2, -0.15) is 0 Å². The van der Waals surface area contributed by atoms with Gasteiger partial charge in [0.25, 0.3) is 0 Å². The summed E-state index contributed by atoms with van der Waals surface area (Å²) in [5.41, 5.74) is 1.23. The van der Waals surface area contributed by atoms with Crippen LogP contribution in [0.2, 0.25) is 0 Å². The van der Waals surface area contributed by atoms with Crippen LogP contribution in [-0.4, -0.2) is 27.7 Å². The zero-order valence-corrected chi connectivity index (χ0v) is 13.6. The Balaban J connectivity index is 2.23. The Morgan fingerprint density at radius 1 is 1.35 bits per heavy atom. The topological polar surface area (TPSA) is 58.0 Å². The molecule has 4 nitrogen and oxygen atoms in total. The number of anilines is 1. The van der Waals surface area contributed by atoms with Crippen LogP contribution in [0.5, 0.6) is 0 Å². The molecule has 0 amide bonds. The summed E-state index contributed by atoms with van der Waals surface area (Å²) in [6.07, 6.45) is 0.470. The van der Waals surface area contributed by atoms with E-state index in [-0.39, 0.29) is 11.5 Å². The molecule has 0 spiro atoms. The first-order valence-electron chi connectivity index (χ1n) is 6.93. The normalized spacial score (nSPS) is 13.7. The van der Waals surface area contributed by atoms with Gasteiger partial charge in [0.05, 0.1) is 11.5 Å². The molecule has 2 N–H and O–H groups in total. The highest BCUT2D eigenvalue weighted by atomic mass is 32.1. The predicted molar refractivity (Wildman–Crippen MR) is 85.5 cm³/mol. The molecule has 0 aromatic carbocycles. The first-order chi connectivity index (χ1) is 9.28. The fourth-order valence-corrected chi connectivity index (χ4v) is 3.48. The van der Waals surface area contributed by atoms with Gasteiger partial charge in [-0.05, 0) is 43.6 Å². The number of hydrogen-bond acceptors (Lipinski definition) is 5. The summed E-state index contributed by atoms with van der Waals surface area (Å²) in [6.45, 7) is 10.9. The number of hydrogen-bond donors (Lipinski definition) is 2. The lowest BCUT2D eigenvalue weighted by atomic mass is 9.87. The lowest BCUT2D eigenvalue weighted by Crippen LogP contribution is -2.27. The summed E-state index contributed by atoms with van der Waals surface area (Å²) in [5, 5.41) is 16.2. The molecule has 0 saturated carbocycles. The summed E-state index contributed by atoms with van der Waals surface area (Å²) in [7, 11) is 0. The fraction of sp³-hybridized carbons (Fsp3) is 0.600. The maximum atomic E-state index is 9.56. The standard InChI is InChI=1S/C15H23N3OS/c1-9-7-20-14-12(9)13(17-11(3)18-14)16-8-15(4,5)6-10(2)19/h7,10,19H,6,8H2,1-5H3,(H,16,17,18). The lowest BCUT2D eigenvalue weighted by Gasteiger charge is -2.26. The highest BCUT2D eigenvalue weighted by molar-refractivity contribution is 7.17.